The Hall–Kier alpha value is -2.91. The summed E-state index contributed by atoms with van der Waals surface area (Å²) in [6.07, 6.45) is 0.732. The summed E-state index contributed by atoms with van der Waals surface area (Å²) in [5, 5.41) is 0. The first kappa shape index (κ1) is 20.4. The van der Waals surface area contributed by atoms with Crippen LogP contribution in [0.3, 0.4) is 0 Å². The van der Waals surface area contributed by atoms with Crippen LogP contribution in [-0.2, 0) is 22.5 Å². The van der Waals surface area contributed by atoms with Gasteiger partial charge in [0.05, 0.1) is 13.0 Å². The maximum absolute atomic E-state index is 12.9. The molecule has 3 aromatic rings. The van der Waals surface area contributed by atoms with Crippen molar-refractivity contribution in [3.05, 3.63) is 107 Å². The van der Waals surface area contributed by atoms with Crippen LogP contribution >= 0.6 is 0 Å². The lowest BCUT2D eigenvalue weighted by molar-refractivity contribution is -0.148. The molecule has 0 heterocycles. The fourth-order valence-electron chi connectivity index (χ4n) is 4.92. The van der Waals surface area contributed by atoms with Gasteiger partial charge in [-0.3, -0.25) is 4.79 Å². The number of rotatable bonds is 6. The number of esters is 1. The molecule has 0 saturated heterocycles. The van der Waals surface area contributed by atoms with Gasteiger partial charge in [0.15, 0.2) is 0 Å². The van der Waals surface area contributed by atoms with Crippen molar-refractivity contribution in [2.45, 2.75) is 18.9 Å². The molecule has 30 heavy (non-hydrogen) atoms. The fourth-order valence-corrected chi connectivity index (χ4v) is 4.92. The van der Waals surface area contributed by atoms with E-state index < -0.39 is 0 Å². The molecule has 0 radical (unpaired) electrons. The van der Waals surface area contributed by atoms with Crippen molar-refractivity contribution in [1.29, 1.82) is 0 Å². The van der Waals surface area contributed by atoms with Crippen LogP contribution in [-0.4, -0.2) is 31.6 Å². The number of benzene rings is 3. The molecule has 0 spiro atoms. The zero-order valence-electron chi connectivity index (χ0n) is 17.7. The smallest absolute Gasteiger partial charge is 0.309 e. The average Bonchev–Trinajstić information content (AvgIpc) is 2.79. The SMILES string of the molecule is COC(=O)C1Cc2ccccc2C(c2ccccc2)C1CN(C)Cc1ccccc1. The number of carbonyl (C=O) groups excluding carboxylic acids is 1. The van der Waals surface area contributed by atoms with Crippen LogP contribution in [0.5, 0.6) is 0 Å². The van der Waals surface area contributed by atoms with E-state index >= 15 is 0 Å². The van der Waals surface area contributed by atoms with E-state index in [1.54, 1.807) is 0 Å². The van der Waals surface area contributed by atoms with Crippen LogP contribution in [0.4, 0.5) is 0 Å². The van der Waals surface area contributed by atoms with Gasteiger partial charge in [-0.1, -0.05) is 84.9 Å². The summed E-state index contributed by atoms with van der Waals surface area (Å²) in [6.45, 7) is 1.68. The third-order valence-electron chi connectivity index (χ3n) is 6.26. The second kappa shape index (κ2) is 9.27. The number of hydrogen-bond acceptors (Lipinski definition) is 3. The molecule has 0 bridgehead atoms. The Bertz CT molecular complexity index is 970. The summed E-state index contributed by atoms with van der Waals surface area (Å²) in [4.78, 5) is 15.2. The van der Waals surface area contributed by atoms with Gasteiger partial charge >= 0.3 is 5.97 Å². The minimum atomic E-state index is -0.159. The van der Waals surface area contributed by atoms with Crippen LogP contribution in [0.25, 0.3) is 0 Å². The van der Waals surface area contributed by atoms with Gasteiger partial charge in [0, 0.05) is 19.0 Å². The summed E-state index contributed by atoms with van der Waals surface area (Å²) >= 11 is 0. The van der Waals surface area contributed by atoms with Gasteiger partial charge in [-0.05, 0) is 41.6 Å². The van der Waals surface area contributed by atoms with E-state index in [-0.39, 0.29) is 23.7 Å². The lowest BCUT2D eigenvalue weighted by Crippen LogP contribution is -2.42. The Kier molecular flexibility index (Phi) is 6.29. The highest BCUT2D eigenvalue weighted by Gasteiger charge is 2.41. The molecule has 4 rings (SSSR count). The number of methoxy groups -OCH3 is 1. The predicted octanol–water partition coefficient (Wildman–Crippen LogP) is 4.91. The number of nitrogens with zero attached hydrogens (tertiary/aromatic N) is 1. The molecule has 0 saturated carbocycles. The monoisotopic (exact) mass is 399 g/mol. The molecule has 0 aliphatic heterocycles. The summed E-state index contributed by atoms with van der Waals surface area (Å²) in [7, 11) is 3.65. The van der Waals surface area contributed by atoms with Gasteiger partial charge < -0.3 is 9.64 Å². The number of ether oxygens (including phenoxy) is 1. The molecule has 3 nitrogen and oxygen atoms in total. The summed E-state index contributed by atoms with van der Waals surface area (Å²) in [5.74, 6) is 0.0406. The highest BCUT2D eigenvalue weighted by atomic mass is 16.5. The van der Waals surface area contributed by atoms with E-state index in [0.717, 1.165) is 19.5 Å². The third kappa shape index (κ3) is 4.31. The van der Waals surface area contributed by atoms with Gasteiger partial charge in [0.25, 0.3) is 0 Å². The largest absolute Gasteiger partial charge is 0.469 e. The maximum Gasteiger partial charge on any atom is 0.309 e. The van der Waals surface area contributed by atoms with Gasteiger partial charge in [0.1, 0.15) is 0 Å². The first-order valence-corrected chi connectivity index (χ1v) is 10.6. The predicted molar refractivity (Wildman–Crippen MR) is 120 cm³/mol. The van der Waals surface area contributed by atoms with Crippen LogP contribution in [0.15, 0.2) is 84.9 Å². The van der Waals surface area contributed by atoms with Crippen LogP contribution in [0, 0.1) is 11.8 Å². The molecule has 0 fully saturated rings. The summed E-state index contributed by atoms with van der Waals surface area (Å²) < 4.78 is 5.26. The highest BCUT2D eigenvalue weighted by molar-refractivity contribution is 5.74. The normalized spacial score (nSPS) is 20.6. The van der Waals surface area contributed by atoms with E-state index in [2.05, 4.69) is 84.7 Å². The lowest BCUT2D eigenvalue weighted by Gasteiger charge is -2.40. The number of hydrogen-bond donors (Lipinski definition) is 0. The molecule has 3 unspecified atom stereocenters. The third-order valence-corrected chi connectivity index (χ3v) is 6.26. The van der Waals surface area contributed by atoms with Gasteiger partial charge in [-0.2, -0.15) is 0 Å². The maximum atomic E-state index is 12.9. The van der Waals surface area contributed by atoms with Crippen molar-refractivity contribution >= 4 is 5.97 Å². The first-order valence-electron chi connectivity index (χ1n) is 10.6. The van der Waals surface area contributed by atoms with Crippen LogP contribution < -0.4 is 0 Å². The average molecular weight is 400 g/mol. The molecular weight excluding hydrogens is 370 g/mol. The lowest BCUT2D eigenvalue weighted by atomic mass is 9.66. The Morgan fingerprint density at radius 3 is 2.27 bits per heavy atom. The van der Waals surface area contributed by atoms with Gasteiger partial charge in [-0.25, -0.2) is 0 Å². The molecule has 3 aromatic carbocycles. The zero-order valence-corrected chi connectivity index (χ0v) is 17.7. The Labute approximate surface area is 179 Å². The van der Waals surface area contributed by atoms with Gasteiger partial charge in [0.2, 0.25) is 0 Å². The molecule has 1 aliphatic carbocycles. The number of carbonyl (C=O) groups is 1. The van der Waals surface area contributed by atoms with E-state index in [4.69, 9.17) is 4.74 Å². The van der Waals surface area contributed by atoms with Crippen molar-refractivity contribution < 1.29 is 9.53 Å². The van der Waals surface area contributed by atoms with Gasteiger partial charge in [-0.15, -0.1) is 0 Å². The summed E-state index contributed by atoms with van der Waals surface area (Å²) in [5.41, 5.74) is 5.13. The van der Waals surface area contributed by atoms with Crippen LogP contribution in [0.2, 0.25) is 0 Å². The summed E-state index contributed by atoms with van der Waals surface area (Å²) in [6, 6.07) is 29.6. The first-order chi connectivity index (χ1) is 14.7. The number of fused-ring (bicyclic) bond motifs is 1. The standard InChI is InChI=1S/C27H29NO2/c1-28(18-20-11-5-3-6-12-20)19-25-24(27(29)30-2)17-22-15-9-10-16-23(22)26(25)21-13-7-4-8-14-21/h3-16,24-26H,17-19H2,1-2H3. The van der Waals surface area contributed by atoms with E-state index in [1.807, 2.05) is 12.1 Å². The minimum absolute atomic E-state index is 0.108. The van der Waals surface area contributed by atoms with E-state index in [0.29, 0.717) is 0 Å². The van der Waals surface area contributed by atoms with Crippen molar-refractivity contribution in [2.24, 2.45) is 11.8 Å². The van der Waals surface area contributed by atoms with Crippen molar-refractivity contribution in [1.82, 2.24) is 4.90 Å². The molecule has 1 aliphatic rings. The zero-order chi connectivity index (χ0) is 20.9. The van der Waals surface area contributed by atoms with E-state index in [9.17, 15) is 4.79 Å². The Morgan fingerprint density at radius 1 is 0.933 bits per heavy atom. The van der Waals surface area contributed by atoms with E-state index in [1.165, 1.54) is 29.4 Å². The second-order valence-electron chi connectivity index (χ2n) is 8.27. The quantitative estimate of drug-likeness (QED) is 0.552. The molecular formula is C27H29NO2. The molecule has 154 valence electrons. The Morgan fingerprint density at radius 2 is 1.57 bits per heavy atom. The minimum Gasteiger partial charge on any atom is -0.469 e. The molecule has 0 N–H and O–H groups in total. The molecule has 0 amide bonds. The van der Waals surface area contributed by atoms with Crippen LogP contribution in [0.1, 0.15) is 28.2 Å². The highest BCUT2D eigenvalue weighted by Crippen LogP contribution is 2.44. The van der Waals surface area contributed by atoms with Crippen molar-refractivity contribution in [3.63, 3.8) is 0 Å². The fraction of sp³-hybridized carbons (Fsp3) is 0.296. The van der Waals surface area contributed by atoms with Crippen molar-refractivity contribution in [3.8, 4) is 0 Å². The molecule has 0 aromatic heterocycles. The topological polar surface area (TPSA) is 29.5 Å². The molecule has 3 heteroatoms. The Balaban J connectivity index is 1.71. The second-order valence-corrected chi connectivity index (χ2v) is 8.27. The van der Waals surface area contributed by atoms with Crippen molar-refractivity contribution in [2.75, 3.05) is 20.7 Å². The molecule has 3 atom stereocenters.